The van der Waals surface area contributed by atoms with Gasteiger partial charge in [-0.25, -0.2) is 0 Å². The fraction of sp³-hybridized carbons (Fsp3) is 0.700. The van der Waals surface area contributed by atoms with Gasteiger partial charge in [-0.3, -0.25) is 14.4 Å². The third-order valence-electron chi connectivity index (χ3n) is 2.85. The highest BCUT2D eigenvalue weighted by atomic mass is 16.2. The molecular weight excluding hydrogens is 196 g/mol. The first-order valence-corrected chi connectivity index (χ1v) is 5.24. The molecule has 82 valence electrons. The summed E-state index contributed by atoms with van der Waals surface area (Å²) in [5, 5.41) is 0. The van der Waals surface area contributed by atoms with E-state index in [9.17, 15) is 14.4 Å². The Labute approximate surface area is 88.0 Å². The second-order valence-electron chi connectivity index (χ2n) is 4.05. The maximum absolute atomic E-state index is 11.7. The minimum absolute atomic E-state index is 0.0319. The minimum atomic E-state index is -0.215. The van der Waals surface area contributed by atoms with E-state index in [2.05, 4.69) is 0 Å². The van der Waals surface area contributed by atoms with Gasteiger partial charge in [0.1, 0.15) is 6.54 Å². The van der Waals surface area contributed by atoms with Gasteiger partial charge in [0.25, 0.3) is 0 Å². The number of ketones is 1. The van der Waals surface area contributed by atoms with E-state index in [-0.39, 0.29) is 37.1 Å². The Morgan fingerprint density at radius 1 is 1.20 bits per heavy atom. The molecule has 0 aromatic heterocycles. The molecule has 0 bridgehead atoms. The summed E-state index contributed by atoms with van der Waals surface area (Å²) in [5.74, 6) is -0.336. The van der Waals surface area contributed by atoms with E-state index < -0.39 is 0 Å². The van der Waals surface area contributed by atoms with Gasteiger partial charge in [-0.05, 0) is 12.8 Å². The fourth-order valence-corrected chi connectivity index (χ4v) is 2.01. The van der Waals surface area contributed by atoms with Crippen LogP contribution in [0.25, 0.3) is 0 Å². The SMILES string of the molecule is O=C1CC(=O)N(CC(=O)N2CCCC2)C1. The van der Waals surface area contributed by atoms with Gasteiger partial charge in [0.2, 0.25) is 11.8 Å². The van der Waals surface area contributed by atoms with Gasteiger partial charge in [0.05, 0.1) is 13.0 Å². The summed E-state index contributed by atoms with van der Waals surface area (Å²) in [6, 6.07) is 0. The van der Waals surface area contributed by atoms with Gasteiger partial charge in [-0.1, -0.05) is 0 Å². The van der Waals surface area contributed by atoms with Crippen molar-refractivity contribution < 1.29 is 14.4 Å². The molecule has 2 aliphatic rings. The molecule has 0 saturated carbocycles. The fourth-order valence-electron chi connectivity index (χ4n) is 2.01. The summed E-state index contributed by atoms with van der Waals surface area (Å²) in [4.78, 5) is 37.0. The lowest BCUT2D eigenvalue weighted by Crippen LogP contribution is -2.39. The number of carbonyl (C=O) groups is 3. The largest absolute Gasteiger partial charge is 0.341 e. The molecule has 5 heteroatoms. The molecule has 2 saturated heterocycles. The predicted molar refractivity (Wildman–Crippen MR) is 52.0 cm³/mol. The zero-order valence-electron chi connectivity index (χ0n) is 8.57. The van der Waals surface area contributed by atoms with E-state index in [0.29, 0.717) is 0 Å². The van der Waals surface area contributed by atoms with Gasteiger partial charge < -0.3 is 9.80 Å². The molecule has 0 N–H and O–H groups in total. The molecule has 0 atom stereocenters. The Bertz CT molecular complexity index is 308. The quantitative estimate of drug-likeness (QED) is 0.572. The monoisotopic (exact) mass is 210 g/mol. The highest BCUT2D eigenvalue weighted by Crippen LogP contribution is 2.10. The van der Waals surface area contributed by atoms with Crippen molar-refractivity contribution in [3.8, 4) is 0 Å². The number of amides is 2. The molecular formula is C10H14N2O3. The molecule has 0 unspecified atom stereocenters. The molecule has 2 fully saturated rings. The maximum Gasteiger partial charge on any atom is 0.242 e. The predicted octanol–water partition coefficient (Wildman–Crippen LogP) is -0.590. The lowest BCUT2D eigenvalue weighted by molar-refractivity contribution is -0.137. The van der Waals surface area contributed by atoms with Gasteiger partial charge in [0, 0.05) is 13.1 Å². The van der Waals surface area contributed by atoms with Gasteiger partial charge >= 0.3 is 0 Å². The maximum atomic E-state index is 11.7. The Morgan fingerprint density at radius 3 is 2.40 bits per heavy atom. The van der Waals surface area contributed by atoms with Crippen LogP contribution in [0.5, 0.6) is 0 Å². The Hall–Kier alpha value is -1.39. The molecule has 15 heavy (non-hydrogen) atoms. The lowest BCUT2D eigenvalue weighted by Gasteiger charge is -2.19. The highest BCUT2D eigenvalue weighted by Gasteiger charge is 2.30. The van der Waals surface area contributed by atoms with Crippen LogP contribution in [0.4, 0.5) is 0 Å². The normalized spacial score (nSPS) is 21.6. The molecule has 0 spiro atoms. The van der Waals surface area contributed by atoms with E-state index in [1.54, 1.807) is 4.90 Å². The number of nitrogens with zero attached hydrogens (tertiary/aromatic N) is 2. The second-order valence-corrected chi connectivity index (χ2v) is 4.05. The van der Waals surface area contributed by atoms with Crippen LogP contribution in [0.15, 0.2) is 0 Å². The van der Waals surface area contributed by atoms with Crippen molar-refractivity contribution in [2.24, 2.45) is 0 Å². The van der Waals surface area contributed by atoms with E-state index in [0.717, 1.165) is 25.9 Å². The number of carbonyl (C=O) groups excluding carboxylic acids is 3. The summed E-state index contributed by atoms with van der Waals surface area (Å²) < 4.78 is 0. The van der Waals surface area contributed by atoms with E-state index in [1.165, 1.54) is 4.90 Å². The zero-order valence-corrected chi connectivity index (χ0v) is 8.57. The van der Waals surface area contributed by atoms with Crippen LogP contribution < -0.4 is 0 Å². The highest BCUT2D eigenvalue weighted by molar-refractivity contribution is 6.06. The number of rotatable bonds is 2. The number of hydrogen-bond acceptors (Lipinski definition) is 3. The first-order chi connectivity index (χ1) is 7.16. The molecule has 2 aliphatic heterocycles. The molecule has 0 aliphatic carbocycles. The molecule has 0 aromatic carbocycles. The minimum Gasteiger partial charge on any atom is -0.341 e. The summed E-state index contributed by atoms with van der Waals surface area (Å²) in [5.41, 5.74) is 0. The van der Waals surface area contributed by atoms with E-state index in [4.69, 9.17) is 0 Å². The summed E-state index contributed by atoms with van der Waals surface area (Å²) >= 11 is 0. The average Bonchev–Trinajstić information content (AvgIpc) is 2.76. The van der Waals surface area contributed by atoms with Crippen molar-refractivity contribution in [1.82, 2.24) is 9.80 Å². The first kappa shape index (κ1) is 10.1. The number of Topliss-reactive ketones (excluding diaryl/α,β-unsaturated/α-hetero) is 1. The average molecular weight is 210 g/mol. The van der Waals surface area contributed by atoms with Gasteiger partial charge in [-0.2, -0.15) is 0 Å². The zero-order chi connectivity index (χ0) is 10.8. The number of likely N-dealkylation sites (tertiary alicyclic amines) is 2. The lowest BCUT2D eigenvalue weighted by atomic mass is 10.3. The van der Waals surface area contributed by atoms with E-state index >= 15 is 0 Å². The summed E-state index contributed by atoms with van der Waals surface area (Å²) in [6.07, 6.45) is 2.05. The Morgan fingerprint density at radius 2 is 1.87 bits per heavy atom. The molecule has 2 amide bonds. The number of hydrogen-bond donors (Lipinski definition) is 0. The van der Waals surface area contributed by atoms with Crippen molar-refractivity contribution in [3.63, 3.8) is 0 Å². The van der Waals surface area contributed by atoms with Crippen LogP contribution >= 0.6 is 0 Å². The van der Waals surface area contributed by atoms with Gasteiger partial charge in [0.15, 0.2) is 5.78 Å². The summed E-state index contributed by atoms with van der Waals surface area (Å²) in [7, 11) is 0. The van der Waals surface area contributed by atoms with Crippen LogP contribution in [0.1, 0.15) is 19.3 Å². The molecule has 0 radical (unpaired) electrons. The smallest absolute Gasteiger partial charge is 0.242 e. The Balaban J connectivity index is 1.88. The van der Waals surface area contributed by atoms with Crippen LogP contribution in [0.3, 0.4) is 0 Å². The van der Waals surface area contributed by atoms with Crippen LogP contribution in [0, 0.1) is 0 Å². The standard InChI is InChI=1S/C10H14N2O3/c13-8-5-9(14)12(6-8)7-10(15)11-3-1-2-4-11/h1-7H2. The second kappa shape index (κ2) is 4.00. The van der Waals surface area contributed by atoms with Crippen molar-refractivity contribution >= 4 is 17.6 Å². The molecule has 0 aromatic rings. The topological polar surface area (TPSA) is 57.7 Å². The summed E-state index contributed by atoms with van der Waals surface area (Å²) in [6.45, 7) is 1.76. The van der Waals surface area contributed by atoms with Crippen molar-refractivity contribution in [2.75, 3.05) is 26.2 Å². The van der Waals surface area contributed by atoms with E-state index in [1.807, 2.05) is 0 Å². The molecule has 5 nitrogen and oxygen atoms in total. The molecule has 2 heterocycles. The molecule has 2 rings (SSSR count). The third-order valence-corrected chi connectivity index (χ3v) is 2.85. The van der Waals surface area contributed by atoms with Gasteiger partial charge in [-0.15, -0.1) is 0 Å². The first-order valence-electron chi connectivity index (χ1n) is 5.24. The van der Waals surface area contributed by atoms with Crippen molar-refractivity contribution in [3.05, 3.63) is 0 Å². The van der Waals surface area contributed by atoms with Crippen molar-refractivity contribution in [2.45, 2.75) is 19.3 Å². The van der Waals surface area contributed by atoms with Crippen LogP contribution in [0.2, 0.25) is 0 Å². The third kappa shape index (κ3) is 2.16. The Kier molecular flexibility index (Phi) is 2.70. The van der Waals surface area contributed by atoms with Crippen LogP contribution in [-0.4, -0.2) is 53.6 Å². The van der Waals surface area contributed by atoms with Crippen LogP contribution in [-0.2, 0) is 14.4 Å². The van der Waals surface area contributed by atoms with Crippen molar-refractivity contribution in [1.29, 1.82) is 0 Å².